The van der Waals surface area contributed by atoms with E-state index in [-0.39, 0.29) is 11.5 Å². The number of non-ortho nitro benzene ring substituents is 1. The van der Waals surface area contributed by atoms with Gasteiger partial charge in [0.15, 0.2) is 5.84 Å². The van der Waals surface area contributed by atoms with Crippen LogP contribution in [0.5, 0.6) is 0 Å². The highest BCUT2D eigenvalue weighted by Crippen LogP contribution is 2.11. The molecule has 0 heterocycles. The molecule has 0 saturated carbocycles. The Hall–Kier alpha value is -3.48. The van der Waals surface area contributed by atoms with Gasteiger partial charge < -0.3 is 10.6 Å². The van der Waals surface area contributed by atoms with Crippen LogP contribution in [-0.4, -0.2) is 16.7 Å². The van der Waals surface area contributed by atoms with Crippen LogP contribution in [0.1, 0.15) is 11.1 Å². The zero-order valence-electron chi connectivity index (χ0n) is 12.0. The lowest BCUT2D eigenvalue weighted by Gasteiger charge is -1.99. The Morgan fingerprint density at radius 1 is 1.13 bits per heavy atom. The van der Waals surface area contributed by atoms with Crippen LogP contribution in [0.15, 0.2) is 65.8 Å². The lowest BCUT2D eigenvalue weighted by molar-refractivity contribution is -0.384. The van der Waals surface area contributed by atoms with Crippen LogP contribution in [0.2, 0.25) is 0 Å². The quantitative estimate of drug-likeness (QED) is 0.228. The molecule has 2 aromatic carbocycles. The van der Waals surface area contributed by atoms with Gasteiger partial charge in [-0.05, 0) is 23.8 Å². The van der Waals surface area contributed by atoms with Crippen molar-refractivity contribution in [1.82, 2.24) is 0 Å². The van der Waals surface area contributed by atoms with E-state index >= 15 is 0 Å². The van der Waals surface area contributed by atoms with Crippen molar-refractivity contribution in [2.24, 2.45) is 10.9 Å². The molecule has 2 rings (SSSR count). The van der Waals surface area contributed by atoms with Crippen molar-refractivity contribution in [2.45, 2.75) is 0 Å². The van der Waals surface area contributed by atoms with Crippen LogP contribution in [-0.2, 0) is 9.63 Å². The highest BCUT2D eigenvalue weighted by molar-refractivity contribution is 5.98. The summed E-state index contributed by atoms with van der Waals surface area (Å²) in [6.07, 6.45) is 2.81. The minimum atomic E-state index is -0.682. The Balaban J connectivity index is 1.97. The molecule has 0 saturated heterocycles. The van der Waals surface area contributed by atoms with Crippen molar-refractivity contribution < 1.29 is 14.6 Å². The van der Waals surface area contributed by atoms with Gasteiger partial charge in [0.25, 0.3) is 5.69 Å². The Bertz CT molecular complexity index is 753. The van der Waals surface area contributed by atoms with Crippen molar-refractivity contribution in [3.05, 3.63) is 81.9 Å². The van der Waals surface area contributed by atoms with Gasteiger partial charge in [-0.2, -0.15) is 0 Å². The molecule has 23 heavy (non-hydrogen) atoms. The highest BCUT2D eigenvalue weighted by atomic mass is 16.7. The maximum Gasteiger partial charge on any atom is 0.358 e. The topological polar surface area (TPSA) is 108 Å². The first-order valence-corrected chi connectivity index (χ1v) is 6.58. The molecule has 0 aliphatic carbocycles. The van der Waals surface area contributed by atoms with E-state index in [9.17, 15) is 14.9 Å². The Kier molecular flexibility index (Phi) is 5.19. The molecule has 0 unspecified atom stereocenters. The minimum Gasteiger partial charge on any atom is -0.380 e. The molecule has 7 nitrogen and oxygen atoms in total. The second-order valence-corrected chi connectivity index (χ2v) is 4.43. The number of nitrogens with zero attached hydrogens (tertiary/aromatic N) is 2. The average Bonchev–Trinajstić information content (AvgIpc) is 2.58. The van der Waals surface area contributed by atoms with Crippen LogP contribution in [0.4, 0.5) is 5.69 Å². The average molecular weight is 311 g/mol. The first kappa shape index (κ1) is 15.9. The standard InChI is InChI=1S/C16H13N3O4/c17-16(13-7-9-14(10-8-13)19(21)22)18-23-15(20)11-6-12-4-2-1-3-5-12/h1-11H,(H2,17,18). The number of carbonyl (C=O) groups is 1. The molecule has 0 aliphatic rings. The molecule has 2 aromatic rings. The zero-order valence-corrected chi connectivity index (χ0v) is 12.0. The molecular formula is C16H13N3O4. The summed E-state index contributed by atoms with van der Waals surface area (Å²) in [7, 11) is 0. The predicted molar refractivity (Wildman–Crippen MR) is 85.4 cm³/mol. The third kappa shape index (κ3) is 4.78. The van der Waals surface area contributed by atoms with Gasteiger partial charge >= 0.3 is 5.97 Å². The molecule has 0 spiro atoms. The number of nitro benzene ring substituents is 1. The van der Waals surface area contributed by atoms with Crippen LogP contribution >= 0.6 is 0 Å². The largest absolute Gasteiger partial charge is 0.380 e. The van der Waals surface area contributed by atoms with E-state index in [2.05, 4.69) is 9.99 Å². The lowest BCUT2D eigenvalue weighted by atomic mass is 10.2. The third-order valence-electron chi connectivity index (χ3n) is 2.82. The first-order chi connectivity index (χ1) is 11.1. The van der Waals surface area contributed by atoms with Crippen LogP contribution < -0.4 is 5.73 Å². The summed E-state index contributed by atoms with van der Waals surface area (Å²) in [5.74, 6) is -0.736. The maximum atomic E-state index is 11.5. The van der Waals surface area contributed by atoms with E-state index in [4.69, 9.17) is 5.73 Å². The number of oxime groups is 1. The number of nitrogens with two attached hydrogens (primary N) is 1. The lowest BCUT2D eigenvalue weighted by Crippen LogP contribution is -2.14. The summed E-state index contributed by atoms with van der Waals surface area (Å²) in [6, 6.07) is 14.6. The van der Waals surface area contributed by atoms with E-state index in [0.717, 1.165) is 5.56 Å². The molecule has 7 heteroatoms. The number of benzene rings is 2. The summed E-state index contributed by atoms with van der Waals surface area (Å²) in [4.78, 5) is 26.2. The molecule has 0 atom stereocenters. The summed E-state index contributed by atoms with van der Waals surface area (Å²) in [5.41, 5.74) is 6.85. The molecule has 116 valence electrons. The normalized spacial score (nSPS) is 11.4. The summed E-state index contributed by atoms with van der Waals surface area (Å²) < 4.78 is 0. The summed E-state index contributed by atoms with van der Waals surface area (Å²) in [5, 5.41) is 14.1. The van der Waals surface area contributed by atoms with E-state index in [1.54, 1.807) is 6.08 Å². The number of amidine groups is 1. The van der Waals surface area contributed by atoms with Crippen LogP contribution in [0, 0.1) is 10.1 Å². The van der Waals surface area contributed by atoms with Gasteiger partial charge in [0, 0.05) is 23.8 Å². The monoisotopic (exact) mass is 311 g/mol. The number of hydrogen-bond acceptors (Lipinski definition) is 5. The summed E-state index contributed by atoms with van der Waals surface area (Å²) >= 11 is 0. The molecular weight excluding hydrogens is 298 g/mol. The maximum absolute atomic E-state index is 11.5. The number of hydrogen-bond donors (Lipinski definition) is 1. The SMILES string of the molecule is N/C(=N\OC(=O)C=Cc1ccccc1)c1ccc([N+](=O)[O-])cc1. The Labute approximate surface area is 131 Å². The van der Waals surface area contributed by atoms with Crippen LogP contribution in [0.25, 0.3) is 6.08 Å². The number of carbonyl (C=O) groups excluding carboxylic acids is 1. The van der Waals surface area contributed by atoms with Crippen LogP contribution in [0.3, 0.4) is 0 Å². The van der Waals surface area contributed by atoms with Crippen molar-refractivity contribution in [1.29, 1.82) is 0 Å². The zero-order chi connectivity index (χ0) is 16.7. The predicted octanol–water partition coefficient (Wildman–Crippen LogP) is 2.47. The molecule has 0 aliphatic heterocycles. The van der Waals surface area contributed by atoms with Gasteiger partial charge in [-0.25, -0.2) is 4.79 Å². The fourth-order valence-electron chi connectivity index (χ4n) is 1.66. The van der Waals surface area contributed by atoms with Gasteiger partial charge in [0.05, 0.1) is 4.92 Å². The highest BCUT2D eigenvalue weighted by Gasteiger charge is 2.06. The van der Waals surface area contributed by atoms with Gasteiger partial charge in [-0.3, -0.25) is 10.1 Å². The first-order valence-electron chi connectivity index (χ1n) is 6.58. The van der Waals surface area contributed by atoms with Crippen molar-refractivity contribution in [3.8, 4) is 0 Å². The fourth-order valence-corrected chi connectivity index (χ4v) is 1.66. The molecule has 0 radical (unpaired) electrons. The second kappa shape index (κ2) is 7.51. The molecule has 0 aromatic heterocycles. The molecule has 0 fully saturated rings. The van der Waals surface area contributed by atoms with E-state index in [1.807, 2.05) is 30.3 Å². The van der Waals surface area contributed by atoms with Gasteiger partial charge in [-0.15, -0.1) is 0 Å². The van der Waals surface area contributed by atoms with E-state index < -0.39 is 10.9 Å². The molecule has 0 amide bonds. The Morgan fingerprint density at radius 3 is 2.39 bits per heavy atom. The summed E-state index contributed by atoms with van der Waals surface area (Å²) in [6.45, 7) is 0. The van der Waals surface area contributed by atoms with Gasteiger partial charge in [0.1, 0.15) is 0 Å². The number of nitro groups is 1. The van der Waals surface area contributed by atoms with E-state index in [0.29, 0.717) is 5.56 Å². The van der Waals surface area contributed by atoms with Crippen molar-refractivity contribution in [3.63, 3.8) is 0 Å². The third-order valence-corrected chi connectivity index (χ3v) is 2.82. The molecule has 2 N–H and O–H groups in total. The smallest absolute Gasteiger partial charge is 0.358 e. The minimum absolute atomic E-state index is 0.0543. The van der Waals surface area contributed by atoms with Gasteiger partial charge in [0.2, 0.25) is 0 Å². The van der Waals surface area contributed by atoms with Crippen molar-refractivity contribution >= 4 is 23.6 Å². The van der Waals surface area contributed by atoms with E-state index in [1.165, 1.54) is 30.3 Å². The van der Waals surface area contributed by atoms with Gasteiger partial charge in [-0.1, -0.05) is 35.5 Å². The van der Waals surface area contributed by atoms with Crippen molar-refractivity contribution in [2.75, 3.05) is 0 Å². The second-order valence-electron chi connectivity index (χ2n) is 4.43. The molecule has 0 bridgehead atoms. The Morgan fingerprint density at radius 2 is 1.78 bits per heavy atom. The number of rotatable bonds is 5. The fraction of sp³-hybridized carbons (Fsp3) is 0.